The minimum absolute atomic E-state index is 0.219. The molecule has 3 aromatic carbocycles. The lowest BCUT2D eigenvalue weighted by atomic mass is 9.98. The molecule has 0 bridgehead atoms. The van der Waals surface area contributed by atoms with E-state index >= 15 is 0 Å². The third-order valence-electron chi connectivity index (χ3n) is 5.72. The Bertz CT molecular complexity index is 1440. The van der Waals surface area contributed by atoms with Crippen molar-refractivity contribution in [2.24, 2.45) is 0 Å². The summed E-state index contributed by atoms with van der Waals surface area (Å²) in [6, 6.07) is 21.4. The molecule has 0 unspecified atom stereocenters. The number of nitrogens with one attached hydrogen (secondary N) is 1. The fourth-order valence-corrected chi connectivity index (χ4v) is 5.07. The van der Waals surface area contributed by atoms with Gasteiger partial charge in [-0.15, -0.1) is 11.3 Å². The zero-order chi connectivity index (χ0) is 22.2. The summed E-state index contributed by atoms with van der Waals surface area (Å²) < 4.78 is 6.94. The lowest BCUT2D eigenvalue weighted by molar-refractivity contribution is 0.103. The number of oxazole rings is 1. The molecule has 32 heavy (non-hydrogen) atoms. The molecular formula is C26H21ClN2O2S. The van der Waals surface area contributed by atoms with Gasteiger partial charge in [0.1, 0.15) is 10.4 Å². The standard InChI is InChI=1S/C26H21ClN2O2S/c1-3-15(2)17-10-13-21-20(14-17)29-26(31-21)16-8-11-18(12-9-16)28-25(30)24-23(27)19-6-4-5-7-22(19)32-24/h4-15H,3H2,1-2H3,(H,28,30)/t15-/m0/s1. The number of carbonyl (C=O) groups excluding carboxylic acids is 1. The SMILES string of the molecule is CC[C@H](C)c1ccc2oc(-c3ccc(NC(=O)c4sc5ccccc5c4Cl)cc3)nc2c1. The van der Waals surface area contributed by atoms with Crippen LogP contribution in [0, 0.1) is 0 Å². The van der Waals surface area contributed by atoms with Gasteiger partial charge in [0, 0.05) is 21.3 Å². The molecule has 0 radical (unpaired) electrons. The summed E-state index contributed by atoms with van der Waals surface area (Å²) in [4.78, 5) is 17.9. The molecule has 2 aromatic heterocycles. The fraction of sp³-hybridized carbons (Fsp3) is 0.154. The van der Waals surface area contributed by atoms with E-state index in [0.717, 1.165) is 33.2 Å². The van der Waals surface area contributed by atoms with Gasteiger partial charge in [-0.05, 0) is 60.4 Å². The summed E-state index contributed by atoms with van der Waals surface area (Å²) in [5.41, 5.74) is 4.42. The van der Waals surface area contributed by atoms with Crippen LogP contribution in [0.15, 0.2) is 71.1 Å². The fourth-order valence-electron chi connectivity index (χ4n) is 3.65. The topological polar surface area (TPSA) is 55.1 Å². The number of amides is 1. The van der Waals surface area contributed by atoms with Crippen LogP contribution in [-0.4, -0.2) is 10.9 Å². The first kappa shape index (κ1) is 20.7. The smallest absolute Gasteiger partial charge is 0.267 e. The normalized spacial score (nSPS) is 12.3. The van der Waals surface area contributed by atoms with E-state index in [1.807, 2.05) is 54.6 Å². The maximum atomic E-state index is 12.8. The summed E-state index contributed by atoms with van der Waals surface area (Å²) in [6.07, 6.45) is 1.08. The first-order chi connectivity index (χ1) is 15.5. The Kier molecular flexibility index (Phi) is 5.45. The van der Waals surface area contributed by atoms with Gasteiger partial charge in [-0.25, -0.2) is 4.98 Å². The number of benzene rings is 3. The largest absolute Gasteiger partial charge is 0.436 e. The van der Waals surface area contributed by atoms with Crippen LogP contribution in [0.3, 0.4) is 0 Å². The highest BCUT2D eigenvalue weighted by Gasteiger charge is 2.17. The van der Waals surface area contributed by atoms with Crippen molar-refractivity contribution in [2.75, 3.05) is 5.32 Å². The lowest BCUT2D eigenvalue weighted by Crippen LogP contribution is -2.10. The number of halogens is 1. The van der Waals surface area contributed by atoms with Crippen LogP contribution in [0.4, 0.5) is 5.69 Å². The summed E-state index contributed by atoms with van der Waals surface area (Å²) in [5.74, 6) is 0.826. The Balaban J connectivity index is 1.36. The molecule has 0 aliphatic carbocycles. The predicted molar refractivity (Wildman–Crippen MR) is 133 cm³/mol. The van der Waals surface area contributed by atoms with Crippen LogP contribution in [0.5, 0.6) is 0 Å². The zero-order valence-electron chi connectivity index (χ0n) is 17.7. The Labute approximate surface area is 194 Å². The molecule has 1 amide bonds. The lowest BCUT2D eigenvalue weighted by Gasteiger charge is -2.07. The predicted octanol–water partition coefficient (Wildman–Crippen LogP) is 8.13. The molecule has 0 fully saturated rings. The Morgan fingerprint density at radius 3 is 2.66 bits per heavy atom. The molecule has 5 aromatic rings. The van der Waals surface area contributed by atoms with Crippen molar-refractivity contribution in [1.29, 1.82) is 0 Å². The molecular weight excluding hydrogens is 440 g/mol. The summed E-state index contributed by atoms with van der Waals surface area (Å²) in [6.45, 7) is 4.39. The molecule has 4 nitrogen and oxygen atoms in total. The highest BCUT2D eigenvalue weighted by Crippen LogP contribution is 2.35. The number of nitrogens with zero attached hydrogens (tertiary/aromatic N) is 1. The minimum atomic E-state index is -0.219. The van der Waals surface area contributed by atoms with Crippen LogP contribution in [0.1, 0.15) is 41.4 Å². The third kappa shape index (κ3) is 3.78. The van der Waals surface area contributed by atoms with Crippen molar-refractivity contribution in [1.82, 2.24) is 4.98 Å². The van der Waals surface area contributed by atoms with E-state index in [1.54, 1.807) is 0 Å². The maximum absolute atomic E-state index is 12.8. The molecule has 0 saturated heterocycles. The molecule has 5 rings (SSSR count). The van der Waals surface area contributed by atoms with Gasteiger partial charge in [0.05, 0.1) is 5.02 Å². The van der Waals surface area contributed by atoms with E-state index in [2.05, 4.69) is 36.3 Å². The number of rotatable bonds is 5. The Hall–Kier alpha value is -3.15. The monoisotopic (exact) mass is 460 g/mol. The molecule has 0 spiro atoms. The summed E-state index contributed by atoms with van der Waals surface area (Å²) in [7, 11) is 0. The van der Waals surface area contributed by atoms with Crippen LogP contribution < -0.4 is 5.32 Å². The van der Waals surface area contributed by atoms with Gasteiger partial charge in [0.2, 0.25) is 5.89 Å². The van der Waals surface area contributed by atoms with E-state index in [-0.39, 0.29) is 5.91 Å². The second-order valence-corrected chi connectivity index (χ2v) is 9.26. The van der Waals surface area contributed by atoms with Gasteiger partial charge in [-0.2, -0.15) is 0 Å². The van der Waals surface area contributed by atoms with Gasteiger partial charge < -0.3 is 9.73 Å². The van der Waals surface area contributed by atoms with Crippen molar-refractivity contribution >= 4 is 55.7 Å². The number of anilines is 1. The van der Waals surface area contributed by atoms with E-state index in [0.29, 0.717) is 27.4 Å². The summed E-state index contributed by atoms with van der Waals surface area (Å²) >= 11 is 7.82. The zero-order valence-corrected chi connectivity index (χ0v) is 19.3. The number of carbonyl (C=O) groups is 1. The number of hydrogen-bond acceptors (Lipinski definition) is 4. The average molecular weight is 461 g/mol. The van der Waals surface area contributed by atoms with Crippen molar-refractivity contribution in [3.8, 4) is 11.5 Å². The van der Waals surface area contributed by atoms with E-state index in [9.17, 15) is 4.79 Å². The van der Waals surface area contributed by atoms with E-state index in [4.69, 9.17) is 16.0 Å². The molecule has 1 atom stereocenters. The Morgan fingerprint density at radius 2 is 1.91 bits per heavy atom. The maximum Gasteiger partial charge on any atom is 0.267 e. The number of fused-ring (bicyclic) bond motifs is 2. The van der Waals surface area contributed by atoms with Gasteiger partial charge in [-0.3, -0.25) is 4.79 Å². The van der Waals surface area contributed by atoms with Crippen LogP contribution in [0.25, 0.3) is 32.6 Å². The first-order valence-corrected chi connectivity index (χ1v) is 11.7. The second-order valence-electron chi connectivity index (χ2n) is 7.83. The Morgan fingerprint density at radius 1 is 1.12 bits per heavy atom. The highest BCUT2D eigenvalue weighted by atomic mass is 35.5. The van der Waals surface area contributed by atoms with E-state index < -0.39 is 0 Å². The number of thiophene rings is 1. The third-order valence-corrected chi connectivity index (χ3v) is 7.40. The molecule has 160 valence electrons. The van der Waals surface area contributed by atoms with Crippen molar-refractivity contribution in [3.05, 3.63) is 82.2 Å². The van der Waals surface area contributed by atoms with E-state index in [1.165, 1.54) is 16.9 Å². The van der Waals surface area contributed by atoms with Crippen molar-refractivity contribution in [3.63, 3.8) is 0 Å². The van der Waals surface area contributed by atoms with Crippen LogP contribution >= 0.6 is 22.9 Å². The van der Waals surface area contributed by atoms with Gasteiger partial charge in [0.15, 0.2) is 5.58 Å². The van der Waals surface area contributed by atoms with Gasteiger partial charge in [0.25, 0.3) is 5.91 Å². The first-order valence-electron chi connectivity index (χ1n) is 10.5. The quantitative estimate of drug-likeness (QED) is 0.288. The van der Waals surface area contributed by atoms with Gasteiger partial charge >= 0.3 is 0 Å². The van der Waals surface area contributed by atoms with Crippen LogP contribution in [-0.2, 0) is 0 Å². The average Bonchev–Trinajstić information content (AvgIpc) is 3.40. The highest BCUT2D eigenvalue weighted by molar-refractivity contribution is 7.21. The van der Waals surface area contributed by atoms with Gasteiger partial charge in [-0.1, -0.05) is 49.7 Å². The molecule has 6 heteroatoms. The number of aromatic nitrogens is 1. The van der Waals surface area contributed by atoms with Crippen molar-refractivity contribution in [2.45, 2.75) is 26.2 Å². The second kappa shape index (κ2) is 8.41. The minimum Gasteiger partial charge on any atom is -0.436 e. The molecule has 0 aliphatic rings. The molecule has 2 heterocycles. The van der Waals surface area contributed by atoms with Crippen molar-refractivity contribution < 1.29 is 9.21 Å². The molecule has 0 saturated carbocycles. The molecule has 1 N–H and O–H groups in total. The number of hydrogen-bond donors (Lipinski definition) is 1. The van der Waals surface area contributed by atoms with Crippen LogP contribution in [0.2, 0.25) is 5.02 Å². The molecule has 0 aliphatic heterocycles. The summed E-state index contributed by atoms with van der Waals surface area (Å²) in [5, 5.41) is 4.31.